The second-order valence-corrected chi connectivity index (χ2v) is 12.4. The summed E-state index contributed by atoms with van der Waals surface area (Å²) >= 11 is 0. The van der Waals surface area contributed by atoms with E-state index in [1.54, 1.807) is 11.4 Å². The summed E-state index contributed by atoms with van der Waals surface area (Å²) in [5.41, 5.74) is 6.09. The fraction of sp³-hybridized carbons (Fsp3) is 0.419. The van der Waals surface area contributed by atoms with Crippen molar-refractivity contribution >= 4 is 33.1 Å². The first-order chi connectivity index (χ1) is 19.0. The molecule has 1 fully saturated rings. The molecule has 2 heterocycles. The maximum absolute atomic E-state index is 11.9. The highest BCUT2D eigenvalue weighted by Gasteiger charge is 2.28. The highest BCUT2D eigenvalue weighted by molar-refractivity contribution is 7.88. The first kappa shape index (κ1) is 31.1. The molecule has 40 heavy (non-hydrogen) atoms. The van der Waals surface area contributed by atoms with Crippen LogP contribution >= 0.6 is 0 Å². The van der Waals surface area contributed by atoms with Gasteiger partial charge in [0.1, 0.15) is 0 Å². The second kappa shape index (κ2) is 14.3. The van der Waals surface area contributed by atoms with E-state index in [4.69, 9.17) is 15.4 Å². The van der Waals surface area contributed by atoms with Crippen LogP contribution in [-0.2, 0) is 16.4 Å². The average molecular weight is 563 g/mol. The molecule has 9 heteroatoms. The minimum Gasteiger partial charge on any atom is -0.383 e. The van der Waals surface area contributed by atoms with Gasteiger partial charge in [0, 0.05) is 76.1 Å². The van der Waals surface area contributed by atoms with E-state index < -0.39 is 10.0 Å². The van der Waals surface area contributed by atoms with Crippen molar-refractivity contribution in [3.05, 3.63) is 72.2 Å². The molecule has 2 aromatic rings. The monoisotopic (exact) mass is 562 g/mol. The fourth-order valence-corrected chi connectivity index (χ4v) is 5.81. The molecule has 0 aliphatic carbocycles. The molecule has 1 saturated heterocycles. The predicted octanol–water partition coefficient (Wildman–Crippen LogP) is 5.35. The van der Waals surface area contributed by atoms with Gasteiger partial charge in [0.15, 0.2) is 5.82 Å². The quantitative estimate of drug-likeness (QED) is 0.262. The van der Waals surface area contributed by atoms with Gasteiger partial charge in [-0.2, -0.15) is 0 Å². The molecule has 1 aromatic heterocycles. The zero-order valence-corrected chi connectivity index (χ0v) is 25.2. The van der Waals surface area contributed by atoms with E-state index in [0.717, 1.165) is 52.8 Å². The van der Waals surface area contributed by atoms with Gasteiger partial charge >= 0.3 is 0 Å². The lowest BCUT2D eigenvalue weighted by Gasteiger charge is -2.15. The van der Waals surface area contributed by atoms with Crippen molar-refractivity contribution in [1.29, 1.82) is 5.41 Å². The molecule has 0 saturated carbocycles. The summed E-state index contributed by atoms with van der Waals surface area (Å²) in [5.74, 6) is 0.876. The Morgan fingerprint density at radius 3 is 2.70 bits per heavy atom. The lowest BCUT2D eigenvalue weighted by Crippen LogP contribution is -2.27. The molecule has 1 aromatic carbocycles. The summed E-state index contributed by atoms with van der Waals surface area (Å²) in [6.07, 6.45) is 14.3. The number of nitrogens with one attached hydrogen (secondary N) is 1. The van der Waals surface area contributed by atoms with E-state index in [9.17, 15) is 8.42 Å². The van der Waals surface area contributed by atoms with E-state index in [-0.39, 0.29) is 5.92 Å². The van der Waals surface area contributed by atoms with Crippen molar-refractivity contribution in [3.63, 3.8) is 0 Å². The lowest BCUT2D eigenvalue weighted by atomic mass is 9.96. The van der Waals surface area contributed by atoms with Crippen LogP contribution in [-0.4, -0.2) is 80.0 Å². The number of benzene rings is 1. The molecule has 1 aliphatic rings. The zero-order valence-electron chi connectivity index (χ0n) is 24.4. The second-order valence-electron chi connectivity index (χ2n) is 10.4. The van der Waals surface area contributed by atoms with Crippen molar-refractivity contribution < 1.29 is 8.42 Å². The molecule has 8 nitrogen and oxygen atoms in total. The van der Waals surface area contributed by atoms with Gasteiger partial charge in [-0.3, -0.25) is 4.99 Å². The van der Waals surface area contributed by atoms with Gasteiger partial charge in [-0.15, -0.1) is 0 Å². The Labute approximate surface area is 239 Å². The zero-order chi connectivity index (χ0) is 29.3. The third kappa shape index (κ3) is 8.53. The first-order valence-electron chi connectivity index (χ1n) is 13.7. The summed E-state index contributed by atoms with van der Waals surface area (Å²) in [4.78, 5) is 15.9. The Morgan fingerprint density at radius 2 is 2.08 bits per heavy atom. The van der Waals surface area contributed by atoms with Gasteiger partial charge in [-0.25, -0.2) is 22.7 Å². The third-order valence-electron chi connectivity index (χ3n) is 6.90. The van der Waals surface area contributed by atoms with E-state index in [1.807, 2.05) is 61.9 Å². The third-order valence-corrected chi connectivity index (χ3v) is 8.16. The van der Waals surface area contributed by atoms with Crippen molar-refractivity contribution in [2.45, 2.75) is 39.0 Å². The SMILES string of the molecule is C=C/C(=C\N(C)C)c1cccc(-c2ncc(C(/C=N\C)=C/CC)c(CC(=N)CCC3CCN(S(C)(=O)=O)C3)n2)c1. The largest absolute Gasteiger partial charge is 0.383 e. The standard InChI is InChI=1S/C31H42N6O2S/c1-7-10-27(19-33-3)29-20-34-31(26-12-9-11-25(17-26)24(8-2)22-36(4)5)35-30(29)18-28(32)14-13-23-15-16-37(21-23)40(6,38)39/h8-12,17,19-20,22-23,32H,2,7,13-16,18,21H2,1,3-6H3/b24-22+,27-10+,32-28?,33-19-. The van der Waals surface area contributed by atoms with Crippen molar-refractivity contribution in [2.24, 2.45) is 10.9 Å². The van der Waals surface area contributed by atoms with E-state index >= 15 is 0 Å². The molecule has 3 rings (SSSR count). The molecule has 0 radical (unpaired) electrons. The number of rotatable bonds is 13. The Hall–Kier alpha value is -3.43. The molecule has 0 spiro atoms. The van der Waals surface area contributed by atoms with Gasteiger partial charge in [-0.05, 0) is 54.4 Å². The Balaban J connectivity index is 1.90. The van der Waals surface area contributed by atoms with Crippen molar-refractivity contribution in [3.8, 4) is 11.4 Å². The number of hydrogen-bond acceptors (Lipinski definition) is 7. The van der Waals surface area contributed by atoms with Crippen molar-refractivity contribution in [1.82, 2.24) is 19.2 Å². The van der Waals surface area contributed by atoms with Crippen LogP contribution in [0.15, 0.2) is 60.4 Å². The maximum Gasteiger partial charge on any atom is 0.211 e. The van der Waals surface area contributed by atoms with E-state index in [2.05, 4.69) is 30.6 Å². The summed E-state index contributed by atoms with van der Waals surface area (Å²) in [5, 5.41) is 8.79. The summed E-state index contributed by atoms with van der Waals surface area (Å²) in [6, 6.07) is 8.09. The molecular weight excluding hydrogens is 520 g/mol. The molecule has 1 atom stereocenters. The average Bonchev–Trinajstić information content (AvgIpc) is 3.40. The van der Waals surface area contributed by atoms with E-state index in [1.165, 1.54) is 6.26 Å². The van der Waals surface area contributed by atoms with Gasteiger partial charge in [0.05, 0.1) is 11.9 Å². The summed E-state index contributed by atoms with van der Waals surface area (Å²) in [7, 11) is 2.53. The summed E-state index contributed by atoms with van der Waals surface area (Å²) in [6.45, 7) is 7.14. The number of nitrogens with zero attached hydrogens (tertiary/aromatic N) is 5. The maximum atomic E-state index is 11.9. The minimum absolute atomic E-state index is 0.273. The van der Waals surface area contributed by atoms with Gasteiger partial charge < -0.3 is 10.3 Å². The van der Waals surface area contributed by atoms with Crippen molar-refractivity contribution in [2.75, 3.05) is 40.5 Å². The predicted molar refractivity (Wildman–Crippen MR) is 167 cm³/mol. The van der Waals surface area contributed by atoms with Crippen LogP contribution < -0.4 is 0 Å². The molecule has 1 aliphatic heterocycles. The van der Waals surface area contributed by atoms with Crippen LogP contribution in [0.1, 0.15) is 49.4 Å². The van der Waals surface area contributed by atoms with Gasteiger partial charge in [-0.1, -0.05) is 43.9 Å². The van der Waals surface area contributed by atoms with E-state index in [0.29, 0.717) is 37.5 Å². The molecular formula is C31H42N6O2S. The number of allylic oxidation sites excluding steroid dienone is 4. The molecule has 0 bridgehead atoms. The van der Waals surface area contributed by atoms with Crippen LogP contribution in [0.5, 0.6) is 0 Å². The smallest absolute Gasteiger partial charge is 0.211 e. The first-order valence-corrected chi connectivity index (χ1v) is 15.5. The Kier molecular flexibility index (Phi) is 11.1. The molecule has 1 N–H and O–H groups in total. The summed E-state index contributed by atoms with van der Waals surface area (Å²) < 4.78 is 25.3. The number of hydrogen-bond donors (Lipinski definition) is 1. The van der Waals surface area contributed by atoms with Crippen LogP contribution in [0, 0.1) is 11.3 Å². The van der Waals surface area contributed by atoms with Crippen LogP contribution in [0.3, 0.4) is 0 Å². The highest BCUT2D eigenvalue weighted by atomic mass is 32.2. The number of aliphatic imine (C=N–C) groups is 1. The topological polar surface area (TPSA) is 103 Å². The number of sulfonamides is 1. The van der Waals surface area contributed by atoms with Gasteiger partial charge in [0.2, 0.25) is 10.0 Å². The minimum atomic E-state index is -3.16. The van der Waals surface area contributed by atoms with Crippen LogP contribution in [0.25, 0.3) is 22.5 Å². The Morgan fingerprint density at radius 1 is 1.30 bits per heavy atom. The molecule has 0 amide bonds. The number of aromatic nitrogens is 2. The fourth-order valence-electron chi connectivity index (χ4n) is 4.89. The van der Waals surface area contributed by atoms with Crippen LogP contribution in [0.2, 0.25) is 0 Å². The van der Waals surface area contributed by atoms with Gasteiger partial charge in [0.25, 0.3) is 0 Å². The molecule has 1 unspecified atom stereocenters. The van der Waals surface area contributed by atoms with Crippen LogP contribution in [0.4, 0.5) is 0 Å². The lowest BCUT2D eigenvalue weighted by molar-refractivity contribution is 0.453. The Bertz CT molecular complexity index is 1410. The normalized spacial score (nSPS) is 17.0. The molecule has 214 valence electrons. The highest BCUT2D eigenvalue weighted by Crippen LogP contribution is 2.27.